The van der Waals surface area contributed by atoms with Gasteiger partial charge in [0.25, 0.3) is 0 Å². The van der Waals surface area contributed by atoms with Gasteiger partial charge in [-0.1, -0.05) is 48.5 Å². The first-order chi connectivity index (χ1) is 15.7. The Morgan fingerprint density at radius 1 is 1.09 bits per heavy atom. The van der Waals surface area contributed by atoms with Gasteiger partial charge >= 0.3 is 5.97 Å². The molecule has 1 heterocycles. The van der Waals surface area contributed by atoms with Gasteiger partial charge in [0.1, 0.15) is 5.82 Å². The molecule has 4 rings (SSSR count). The van der Waals surface area contributed by atoms with E-state index >= 15 is 0 Å². The van der Waals surface area contributed by atoms with Crippen molar-refractivity contribution in [1.82, 2.24) is 9.55 Å². The number of esters is 1. The molecule has 0 aliphatic rings. The van der Waals surface area contributed by atoms with Gasteiger partial charge in [0.05, 0.1) is 35.3 Å². The molecular formula is C26H23N3O2S. The number of benzene rings is 3. The monoisotopic (exact) mass is 441 g/mol. The molecule has 0 unspecified atom stereocenters. The van der Waals surface area contributed by atoms with Crippen molar-refractivity contribution in [2.75, 3.05) is 19.1 Å². The van der Waals surface area contributed by atoms with Gasteiger partial charge in [-0.05, 0) is 41.1 Å². The molecule has 0 bridgehead atoms. The maximum Gasteiger partial charge on any atom is 0.340 e. The standard InChI is InChI=1S/C26H23N3O2S/c1-31-26(30)22-8-5-9-23-25(22)29(24(28-23)14-15-32-2)17-18-10-12-19(13-11-18)21-7-4-3-6-20(21)16-27/h3-13H,14-15,17H2,1-2H3. The molecule has 160 valence electrons. The van der Waals surface area contributed by atoms with E-state index in [4.69, 9.17) is 9.72 Å². The van der Waals surface area contributed by atoms with Gasteiger partial charge in [-0.3, -0.25) is 0 Å². The van der Waals surface area contributed by atoms with E-state index in [1.165, 1.54) is 7.11 Å². The number of imidazole rings is 1. The fraction of sp³-hybridized carbons (Fsp3) is 0.192. The van der Waals surface area contributed by atoms with Crippen LogP contribution in [0.1, 0.15) is 27.3 Å². The Bertz CT molecular complexity index is 1300. The predicted molar refractivity (Wildman–Crippen MR) is 129 cm³/mol. The molecule has 0 radical (unpaired) electrons. The van der Waals surface area contributed by atoms with Crippen molar-refractivity contribution in [3.8, 4) is 17.2 Å². The van der Waals surface area contributed by atoms with Crippen LogP contribution in [0.4, 0.5) is 0 Å². The molecule has 0 saturated carbocycles. The molecule has 4 aromatic rings. The number of carbonyl (C=O) groups excluding carboxylic acids is 1. The molecule has 0 aliphatic heterocycles. The minimum atomic E-state index is -0.364. The molecule has 32 heavy (non-hydrogen) atoms. The van der Waals surface area contributed by atoms with Gasteiger partial charge in [0.15, 0.2) is 0 Å². The number of methoxy groups -OCH3 is 1. The van der Waals surface area contributed by atoms with Gasteiger partial charge < -0.3 is 9.30 Å². The molecule has 0 amide bonds. The van der Waals surface area contributed by atoms with Gasteiger partial charge in [0, 0.05) is 18.7 Å². The van der Waals surface area contributed by atoms with Crippen LogP contribution in [0.3, 0.4) is 0 Å². The Labute approximate surface area is 191 Å². The lowest BCUT2D eigenvalue weighted by atomic mass is 9.99. The number of hydrogen-bond acceptors (Lipinski definition) is 5. The van der Waals surface area contributed by atoms with E-state index in [-0.39, 0.29) is 5.97 Å². The lowest BCUT2D eigenvalue weighted by molar-refractivity contribution is 0.0602. The van der Waals surface area contributed by atoms with Crippen LogP contribution in [0.25, 0.3) is 22.2 Å². The van der Waals surface area contributed by atoms with Crippen LogP contribution < -0.4 is 0 Å². The van der Waals surface area contributed by atoms with Gasteiger partial charge in [-0.25, -0.2) is 9.78 Å². The first kappa shape index (κ1) is 21.7. The third-order valence-electron chi connectivity index (χ3n) is 5.43. The van der Waals surface area contributed by atoms with Crippen molar-refractivity contribution in [3.63, 3.8) is 0 Å². The van der Waals surface area contributed by atoms with Gasteiger partial charge in [-0.15, -0.1) is 0 Å². The Kier molecular flexibility index (Phi) is 6.58. The van der Waals surface area contributed by atoms with E-state index in [2.05, 4.69) is 29.0 Å². The summed E-state index contributed by atoms with van der Waals surface area (Å²) < 4.78 is 7.14. The van der Waals surface area contributed by atoms with Gasteiger partial charge in [0.2, 0.25) is 0 Å². The van der Waals surface area contributed by atoms with Crippen LogP contribution >= 0.6 is 11.8 Å². The van der Waals surface area contributed by atoms with E-state index in [1.807, 2.05) is 48.5 Å². The molecule has 0 N–H and O–H groups in total. The number of aromatic nitrogens is 2. The average molecular weight is 442 g/mol. The number of carbonyl (C=O) groups is 1. The number of fused-ring (bicyclic) bond motifs is 1. The summed E-state index contributed by atoms with van der Waals surface area (Å²) in [6.45, 7) is 0.592. The Morgan fingerprint density at radius 2 is 1.88 bits per heavy atom. The van der Waals surface area contributed by atoms with Crippen molar-refractivity contribution >= 4 is 28.8 Å². The zero-order chi connectivity index (χ0) is 22.5. The smallest absolute Gasteiger partial charge is 0.340 e. The number of ether oxygens (including phenoxy) is 1. The number of rotatable bonds is 7. The summed E-state index contributed by atoms with van der Waals surface area (Å²) in [5, 5.41) is 9.40. The van der Waals surface area contributed by atoms with Gasteiger partial charge in [-0.2, -0.15) is 17.0 Å². The summed E-state index contributed by atoms with van der Waals surface area (Å²) in [5.41, 5.74) is 5.78. The van der Waals surface area contributed by atoms with Crippen LogP contribution in [0, 0.1) is 11.3 Å². The summed E-state index contributed by atoms with van der Waals surface area (Å²) in [6.07, 6.45) is 2.88. The van der Waals surface area contributed by atoms with Crippen molar-refractivity contribution in [2.45, 2.75) is 13.0 Å². The Hall–Kier alpha value is -3.56. The van der Waals surface area contributed by atoms with Crippen molar-refractivity contribution in [3.05, 3.63) is 89.2 Å². The second-order valence-corrected chi connectivity index (χ2v) is 8.36. The first-order valence-electron chi connectivity index (χ1n) is 10.3. The van der Waals surface area contributed by atoms with Crippen molar-refractivity contribution < 1.29 is 9.53 Å². The number of thioether (sulfide) groups is 1. The molecule has 5 nitrogen and oxygen atoms in total. The lowest BCUT2D eigenvalue weighted by Gasteiger charge is -2.12. The second-order valence-electron chi connectivity index (χ2n) is 7.38. The van der Waals surface area contributed by atoms with E-state index in [0.717, 1.165) is 45.7 Å². The average Bonchev–Trinajstić information content (AvgIpc) is 3.19. The molecule has 3 aromatic carbocycles. The topological polar surface area (TPSA) is 67.9 Å². The quantitative estimate of drug-likeness (QED) is 0.363. The number of nitriles is 1. The number of aryl methyl sites for hydroxylation is 1. The molecule has 1 aromatic heterocycles. The normalized spacial score (nSPS) is 10.8. The highest BCUT2D eigenvalue weighted by molar-refractivity contribution is 7.98. The summed E-state index contributed by atoms with van der Waals surface area (Å²) in [6, 6.07) is 23.6. The zero-order valence-electron chi connectivity index (χ0n) is 18.0. The van der Waals surface area contributed by atoms with Crippen LogP contribution in [0.5, 0.6) is 0 Å². The number of para-hydroxylation sites is 1. The Balaban J connectivity index is 1.74. The number of hydrogen-bond donors (Lipinski definition) is 0. The third kappa shape index (κ3) is 4.25. The van der Waals surface area contributed by atoms with Crippen LogP contribution in [0.2, 0.25) is 0 Å². The maximum atomic E-state index is 12.4. The van der Waals surface area contributed by atoms with Crippen LogP contribution in [0.15, 0.2) is 66.7 Å². The van der Waals surface area contributed by atoms with E-state index in [9.17, 15) is 10.1 Å². The maximum absolute atomic E-state index is 12.4. The largest absolute Gasteiger partial charge is 0.465 e. The predicted octanol–water partition coefficient (Wildman–Crippen LogP) is 5.32. The molecule has 6 heteroatoms. The molecule has 0 saturated heterocycles. The minimum Gasteiger partial charge on any atom is -0.465 e. The third-order valence-corrected chi connectivity index (χ3v) is 6.05. The highest BCUT2D eigenvalue weighted by atomic mass is 32.2. The highest BCUT2D eigenvalue weighted by Crippen LogP contribution is 2.26. The van der Waals surface area contributed by atoms with Crippen LogP contribution in [-0.2, 0) is 17.7 Å². The van der Waals surface area contributed by atoms with Crippen molar-refractivity contribution in [2.24, 2.45) is 0 Å². The molecule has 0 fully saturated rings. The fourth-order valence-electron chi connectivity index (χ4n) is 3.87. The van der Waals surface area contributed by atoms with Crippen LogP contribution in [-0.4, -0.2) is 34.6 Å². The van der Waals surface area contributed by atoms with E-state index in [0.29, 0.717) is 17.7 Å². The summed E-state index contributed by atoms with van der Waals surface area (Å²) >= 11 is 1.77. The zero-order valence-corrected chi connectivity index (χ0v) is 18.9. The van der Waals surface area contributed by atoms with Crippen molar-refractivity contribution in [1.29, 1.82) is 5.26 Å². The summed E-state index contributed by atoms with van der Waals surface area (Å²) in [4.78, 5) is 17.2. The molecule has 0 aliphatic carbocycles. The summed E-state index contributed by atoms with van der Waals surface area (Å²) in [5.74, 6) is 1.53. The molecule has 0 atom stereocenters. The SMILES string of the molecule is COC(=O)c1cccc2nc(CCSC)n(Cc3ccc(-c4ccccc4C#N)cc3)c12. The molecular weight excluding hydrogens is 418 g/mol. The van der Waals surface area contributed by atoms with E-state index in [1.54, 1.807) is 17.8 Å². The Morgan fingerprint density at radius 3 is 2.59 bits per heavy atom. The summed E-state index contributed by atoms with van der Waals surface area (Å²) in [7, 11) is 1.40. The fourth-order valence-corrected chi connectivity index (χ4v) is 4.25. The first-order valence-corrected chi connectivity index (χ1v) is 11.7. The number of nitrogens with zero attached hydrogens (tertiary/aromatic N) is 3. The highest BCUT2D eigenvalue weighted by Gasteiger charge is 2.18. The second kappa shape index (κ2) is 9.71. The van der Waals surface area contributed by atoms with E-state index < -0.39 is 0 Å². The molecule has 0 spiro atoms. The minimum absolute atomic E-state index is 0.364. The lowest BCUT2D eigenvalue weighted by Crippen LogP contribution is -2.10.